The van der Waals surface area contributed by atoms with Crippen LogP contribution >= 0.6 is 27.3 Å². The van der Waals surface area contributed by atoms with E-state index in [9.17, 15) is 9.59 Å². The molecule has 0 saturated carbocycles. The molecule has 1 N–H and O–H groups in total. The third kappa shape index (κ3) is 3.44. The van der Waals surface area contributed by atoms with Gasteiger partial charge in [0.05, 0.1) is 5.69 Å². The van der Waals surface area contributed by atoms with Crippen molar-refractivity contribution in [2.75, 3.05) is 5.32 Å². The number of hydrogen-bond donors (Lipinski definition) is 1. The molecule has 8 heteroatoms. The highest BCUT2D eigenvalue weighted by molar-refractivity contribution is 9.10. The van der Waals surface area contributed by atoms with Crippen LogP contribution in [0.2, 0.25) is 0 Å². The molecule has 3 aromatic rings. The van der Waals surface area contributed by atoms with Crippen molar-refractivity contribution in [3.63, 3.8) is 0 Å². The zero-order valence-corrected chi connectivity index (χ0v) is 15.3. The second-order valence-corrected chi connectivity index (χ2v) is 7.18. The summed E-state index contributed by atoms with van der Waals surface area (Å²) in [6, 6.07) is 10.5. The van der Waals surface area contributed by atoms with Gasteiger partial charge in [-0.2, -0.15) is 5.10 Å². The largest absolute Gasteiger partial charge is 0.296 e. The van der Waals surface area contributed by atoms with E-state index in [1.807, 2.05) is 31.2 Å². The first-order valence-corrected chi connectivity index (χ1v) is 8.64. The second kappa shape index (κ2) is 6.66. The molecule has 3 rings (SSSR count). The molecule has 0 saturated heterocycles. The van der Waals surface area contributed by atoms with Crippen molar-refractivity contribution in [3.8, 4) is 11.3 Å². The van der Waals surface area contributed by atoms with Crippen molar-refractivity contribution < 1.29 is 4.79 Å². The molecule has 6 nitrogen and oxygen atoms in total. The third-order valence-corrected chi connectivity index (χ3v) is 4.74. The Morgan fingerprint density at radius 1 is 1.21 bits per heavy atom. The van der Waals surface area contributed by atoms with Gasteiger partial charge in [-0.3, -0.25) is 14.9 Å². The van der Waals surface area contributed by atoms with Crippen LogP contribution in [0, 0.1) is 6.92 Å². The van der Waals surface area contributed by atoms with E-state index in [0.29, 0.717) is 5.13 Å². The number of nitrogens with zero attached hydrogens (tertiary/aromatic N) is 3. The number of thiazole rings is 1. The Bertz CT molecular complexity index is 963. The summed E-state index contributed by atoms with van der Waals surface area (Å²) in [5, 5.41) is 7.15. The van der Waals surface area contributed by atoms with E-state index in [1.165, 1.54) is 30.5 Å². The maximum absolute atomic E-state index is 12.3. The number of anilines is 1. The van der Waals surface area contributed by atoms with Gasteiger partial charge in [0.25, 0.3) is 11.5 Å². The van der Waals surface area contributed by atoms with Gasteiger partial charge in [0.2, 0.25) is 0 Å². The number of benzene rings is 1. The van der Waals surface area contributed by atoms with Gasteiger partial charge >= 0.3 is 0 Å². The summed E-state index contributed by atoms with van der Waals surface area (Å²) in [7, 11) is 1.50. The van der Waals surface area contributed by atoms with E-state index in [1.54, 1.807) is 0 Å². The molecule has 0 radical (unpaired) electrons. The van der Waals surface area contributed by atoms with Gasteiger partial charge in [0.1, 0.15) is 5.69 Å². The summed E-state index contributed by atoms with van der Waals surface area (Å²) >= 11 is 4.80. The molecule has 0 atom stereocenters. The van der Waals surface area contributed by atoms with Gasteiger partial charge in [0, 0.05) is 28.0 Å². The number of carbonyl (C=O) groups is 1. The highest BCUT2D eigenvalue weighted by atomic mass is 79.9. The molecule has 1 amide bonds. The van der Waals surface area contributed by atoms with Crippen LogP contribution in [0.25, 0.3) is 11.3 Å². The Kier molecular flexibility index (Phi) is 4.59. The first-order valence-electron chi connectivity index (χ1n) is 7.03. The lowest BCUT2D eigenvalue weighted by Crippen LogP contribution is -2.23. The fraction of sp³-hybridized carbons (Fsp3) is 0.125. The van der Waals surface area contributed by atoms with Crippen LogP contribution in [-0.2, 0) is 7.05 Å². The predicted octanol–water partition coefficient (Wildman–Crippen LogP) is 3.23. The smallest absolute Gasteiger partial charge is 0.277 e. The fourth-order valence-corrected chi connectivity index (χ4v) is 3.21. The molecule has 1 aromatic carbocycles. The van der Waals surface area contributed by atoms with E-state index >= 15 is 0 Å². The van der Waals surface area contributed by atoms with Crippen molar-refractivity contribution in [2.24, 2.45) is 7.05 Å². The van der Waals surface area contributed by atoms with Gasteiger partial charge in [-0.25, -0.2) is 9.67 Å². The lowest BCUT2D eigenvalue weighted by Gasteiger charge is -2.02. The number of carbonyl (C=O) groups excluding carboxylic acids is 1. The van der Waals surface area contributed by atoms with E-state index in [4.69, 9.17) is 0 Å². The van der Waals surface area contributed by atoms with Crippen molar-refractivity contribution in [2.45, 2.75) is 6.92 Å². The van der Waals surface area contributed by atoms with E-state index < -0.39 is 5.91 Å². The Balaban J connectivity index is 1.84. The average Bonchev–Trinajstić information content (AvgIpc) is 2.91. The maximum Gasteiger partial charge on any atom is 0.277 e. The monoisotopic (exact) mass is 404 g/mol. The highest BCUT2D eigenvalue weighted by Gasteiger charge is 2.14. The number of rotatable bonds is 3. The van der Waals surface area contributed by atoms with Gasteiger partial charge in [-0.1, -0.05) is 28.1 Å². The molecule has 0 aliphatic carbocycles. The summed E-state index contributed by atoms with van der Waals surface area (Å²) in [4.78, 5) is 29.1. The molecule has 0 aliphatic heterocycles. The summed E-state index contributed by atoms with van der Waals surface area (Å²) < 4.78 is 2.11. The fourth-order valence-electron chi connectivity index (χ4n) is 2.11. The summed E-state index contributed by atoms with van der Waals surface area (Å²) in [5.41, 5.74) is 1.70. The van der Waals surface area contributed by atoms with Crippen LogP contribution in [0.4, 0.5) is 5.13 Å². The van der Waals surface area contributed by atoms with Gasteiger partial charge in [-0.15, -0.1) is 11.3 Å². The van der Waals surface area contributed by atoms with Crippen molar-refractivity contribution >= 4 is 38.3 Å². The molecule has 0 spiro atoms. The minimum Gasteiger partial charge on any atom is -0.296 e. The number of aryl methyl sites for hydroxylation is 2. The standard InChI is InChI=1S/C16H13BrN4O2S/c1-9-14(10-3-5-11(17)6-4-10)18-16(24-9)19-15(23)12-7-8-13(22)21(2)20-12/h3-8H,1-2H3,(H,18,19,23). The molecule has 2 aromatic heterocycles. The van der Waals surface area contributed by atoms with Gasteiger partial charge in [-0.05, 0) is 25.1 Å². The zero-order valence-electron chi connectivity index (χ0n) is 12.9. The van der Waals surface area contributed by atoms with E-state index in [2.05, 4.69) is 31.3 Å². The molecule has 122 valence electrons. The number of hydrogen-bond acceptors (Lipinski definition) is 5. The first-order chi connectivity index (χ1) is 11.4. The number of aromatic nitrogens is 3. The normalized spacial score (nSPS) is 10.6. The zero-order chi connectivity index (χ0) is 17.3. The lowest BCUT2D eigenvalue weighted by molar-refractivity contribution is 0.102. The third-order valence-electron chi connectivity index (χ3n) is 3.33. The summed E-state index contributed by atoms with van der Waals surface area (Å²) in [6.45, 7) is 1.95. The second-order valence-electron chi connectivity index (χ2n) is 5.07. The number of amides is 1. The molecule has 0 aliphatic rings. The molecular formula is C16H13BrN4O2S. The minimum atomic E-state index is -0.401. The van der Waals surface area contributed by atoms with Crippen molar-refractivity contribution in [1.82, 2.24) is 14.8 Å². The SMILES string of the molecule is Cc1sc(NC(=O)c2ccc(=O)n(C)n2)nc1-c1ccc(Br)cc1. The molecule has 0 bridgehead atoms. The summed E-state index contributed by atoms with van der Waals surface area (Å²) in [6.07, 6.45) is 0. The van der Waals surface area contributed by atoms with Gasteiger partial charge < -0.3 is 0 Å². The van der Waals surface area contributed by atoms with Crippen molar-refractivity contribution in [1.29, 1.82) is 0 Å². The molecular weight excluding hydrogens is 392 g/mol. The number of nitrogens with one attached hydrogen (secondary N) is 1. The van der Waals surface area contributed by atoms with Crippen LogP contribution < -0.4 is 10.9 Å². The van der Waals surface area contributed by atoms with Crippen LogP contribution in [-0.4, -0.2) is 20.7 Å². The topological polar surface area (TPSA) is 76.9 Å². The predicted molar refractivity (Wildman–Crippen MR) is 97.4 cm³/mol. The molecule has 2 heterocycles. The lowest BCUT2D eigenvalue weighted by atomic mass is 10.1. The Morgan fingerprint density at radius 3 is 2.58 bits per heavy atom. The van der Waals surface area contributed by atoms with Crippen LogP contribution in [0.1, 0.15) is 15.4 Å². The van der Waals surface area contributed by atoms with Crippen LogP contribution in [0.15, 0.2) is 45.7 Å². The van der Waals surface area contributed by atoms with Gasteiger partial charge in [0.15, 0.2) is 5.13 Å². The maximum atomic E-state index is 12.3. The minimum absolute atomic E-state index is 0.162. The highest BCUT2D eigenvalue weighted by Crippen LogP contribution is 2.31. The Hall–Kier alpha value is -2.32. The van der Waals surface area contributed by atoms with Crippen LogP contribution in [0.3, 0.4) is 0 Å². The van der Waals surface area contributed by atoms with E-state index in [0.717, 1.165) is 25.3 Å². The molecule has 24 heavy (non-hydrogen) atoms. The quantitative estimate of drug-likeness (QED) is 0.726. The first kappa shape index (κ1) is 16.5. The molecule has 0 unspecified atom stereocenters. The Labute approximate surface area is 150 Å². The van der Waals surface area contributed by atoms with Crippen molar-refractivity contribution in [3.05, 3.63) is 61.8 Å². The van der Waals surface area contributed by atoms with Crippen LogP contribution in [0.5, 0.6) is 0 Å². The molecule has 0 fully saturated rings. The average molecular weight is 405 g/mol. The summed E-state index contributed by atoms with van der Waals surface area (Å²) in [5.74, 6) is -0.401. The van der Waals surface area contributed by atoms with E-state index in [-0.39, 0.29) is 11.3 Å². The Morgan fingerprint density at radius 2 is 1.92 bits per heavy atom. The number of halogens is 1.